The maximum atomic E-state index is 6.56. The topological polar surface area (TPSA) is 0 Å². The minimum absolute atomic E-state index is 0.207. The Morgan fingerprint density at radius 2 is 1.73 bits per heavy atom. The first-order chi connectivity index (χ1) is 6.71. The molecule has 1 atom stereocenters. The standard InChI is InChI=1S/C13H18Cl2/c1-12(2,3)9-13(4,15)10-6-5-7-11(14)8-10/h5-8H,9H2,1-4H3. The minimum atomic E-state index is -0.344. The van der Waals surface area contributed by atoms with Crippen molar-refractivity contribution < 1.29 is 0 Å². The van der Waals surface area contributed by atoms with Gasteiger partial charge in [0.2, 0.25) is 0 Å². The van der Waals surface area contributed by atoms with Gasteiger partial charge in [0.1, 0.15) is 0 Å². The highest BCUT2D eigenvalue weighted by Crippen LogP contribution is 2.40. The third-order valence-corrected chi connectivity index (χ3v) is 2.88. The summed E-state index contributed by atoms with van der Waals surface area (Å²) in [6, 6.07) is 7.79. The van der Waals surface area contributed by atoms with Crippen molar-refractivity contribution in [3.63, 3.8) is 0 Å². The lowest BCUT2D eigenvalue weighted by Crippen LogP contribution is -2.22. The number of halogens is 2. The molecule has 84 valence electrons. The number of benzene rings is 1. The van der Waals surface area contributed by atoms with E-state index in [0.29, 0.717) is 0 Å². The van der Waals surface area contributed by atoms with Crippen molar-refractivity contribution in [3.8, 4) is 0 Å². The summed E-state index contributed by atoms with van der Waals surface area (Å²) in [6.45, 7) is 8.62. The Hall–Kier alpha value is -0.200. The van der Waals surface area contributed by atoms with E-state index in [1.165, 1.54) is 0 Å². The highest BCUT2D eigenvalue weighted by molar-refractivity contribution is 6.31. The van der Waals surface area contributed by atoms with Gasteiger partial charge in [-0.2, -0.15) is 0 Å². The molecule has 0 fully saturated rings. The molecule has 0 spiro atoms. The van der Waals surface area contributed by atoms with Crippen LogP contribution in [-0.2, 0) is 4.87 Å². The SMILES string of the molecule is CC(C)(C)CC(C)(Cl)c1cccc(Cl)c1. The summed E-state index contributed by atoms with van der Waals surface area (Å²) in [5.74, 6) is 0. The van der Waals surface area contributed by atoms with Crippen molar-refractivity contribution >= 4 is 23.2 Å². The van der Waals surface area contributed by atoms with E-state index >= 15 is 0 Å². The molecule has 0 saturated heterocycles. The molecule has 1 aromatic rings. The molecular weight excluding hydrogens is 227 g/mol. The van der Waals surface area contributed by atoms with Gasteiger partial charge in [0.15, 0.2) is 0 Å². The van der Waals surface area contributed by atoms with Crippen LogP contribution >= 0.6 is 23.2 Å². The molecule has 0 radical (unpaired) electrons. The average molecular weight is 245 g/mol. The fraction of sp³-hybridized carbons (Fsp3) is 0.538. The first-order valence-electron chi connectivity index (χ1n) is 5.16. The molecule has 1 unspecified atom stereocenters. The van der Waals surface area contributed by atoms with Crippen LogP contribution in [-0.4, -0.2) is 0 Å². The van der Waals surface area contributed by atoms with E-state index in [9.17, 15) is 0 Å². The highest BCUT2D eigenvalue weighted by atomic mass is 35.5. The van der Waals surface area contributed by atoms with Crippen LogP contribution < -0.4 is 0 Å². The Morgan fingerprint density at radius 1 is 1.13 bits per heavy atom. The number of alkyl halides is 1. The van der Waals surface area contributed by atoms with Gasteiger partial charge in [-0.15, -0.1) is 11.6 Å². The second-order valence-corrected chi connectivity index (χ2v) is 6.72. The maximum Gasteiger partial charge on any atom is 0.0672 e. The third kappa shape index (κ3) is 4.04. The monoisotopic (exact) mass is 244 g/mol. The third-order valence-electron chi connectivity index (χ3n) is 2.29. The first-order valence-corrected chi connectivity index (χ1v) is 5.91. The maximum absolute atomic E-state index is 6.56. The molecule has 1 aromatic carbocycles. The molecule has 2 heteroatoms. The summed E-state index contributed by atoms with van der Waals surface area (Å²) in [7, 11) is 0. The Labute approximate surface area is 103 Å². The zero-order valence-electron chi connectivity index (χ0n) is 9.77. The summed E-state index contributed by atoms with van der Waals surface area (Å²) in [6.07, 6.45) is 0.919. The van der Waals surface area contributed by atoms with Gasteiger partial charge < -0.3 is 0 Å². The molecular formula is C13H18Cl2. The van der Waals surface area contributed by atoms with Gasteiger partial charge in [0, 0.05) is 5.02 Å². The molecule has 0 aliphatic heterocycles. The van der Waals surface area contributed by atoms with Crippen LogP contribution in [0, 0.1) is 5.41 Å². The molecule has 0 saturated carbocycles. The molecule has 0 bridgehead atoms. The quantitative estimate of drug-likeness (QED) is 0.626. The largest absolute Gasteiger partial charge is 0.114 e. The van der Waals surface area contributed by atoms with Crippen LogP contribution in [0.25, 0.3) is 0 Å². The van der Waals surface area contributed by atoms with Crippen molar-refractivity contribution in [2.24, 2.45) is 5.41 Å². The molecule has 0 aliphatic carbocycles. The number of hydrogen-bond acceptors (Lipinski definition) is 0. The van der Waals surface area contributed by atoms with Crippen LogP contribution in [0.3, 0.4) is 0 Å². The van der Waals surface area contributed by atoms with Crippen LogP contribution in [0.1, 0.15) is 39.7 Å². The summed E-state index contributed by atoms with van der Waals surface area (Å²) in [4.78, 5) is -0.344. The Balaban J connectivity index is 2.95. The predicted molar refractivity (Wildman–Crippen MR) is 68.7 cm³/mol. The van der Waals surface area contributed by atoms with Crippen molar-refractivity contribution in [1.29, 1.82) is 0 Å². The van der Waals surface area contributed by atoms with Crippen molar-refractivity contribution in [1.82, 2.24) is 0 Å². The van der Waals surface area contributed by atoms with Gasteiger partial charge >= 0.3 is 0 Å². The van der Waals surface area contributed by atoms with Crippen molar-refractivity contribution in [3.05, 3.63) is 34.9 Å². The number of hydrogen-bond donors (Lipinski definition) is 0. The molecule has 15 heavy (non-hydrogen) atoms. The van der Waals surface area contributed by atoms with E-state index in [1.54, 1.807) is 0 Å². The molecule has 0 nitrogen and oxygen atoms in total. The predicted octanol–water partition coefficient (Wildman–Crippen LogP) is 5.23. The summed E-state index contributed by atoms with van der Waals surface area (Å²) >= 11 is 12.5. The zero-order chi connectivity index (χ0) is 11.7. The van der Waals surface area contributed by atoms with Crippen molar-refractivity contribution in [2.75, 3.05) is 0 Å². The van der Waals surface area contributed by atoms with E-state index < -0.39 is 0 Å². The van der Waals surface area contributed by atoms with Gasteiger partial charge in [0.05, 0.1) is 4.87 Å². The Kier molecular flexibility index (Phi) is 3.73. The molecule has 0 aliphatic rings. The molecule has 0 heterocycles. The van der Waals surface area contributed by atoms with Crippen LogP contribution in [0.15, 0.2) is 24.3 Å². The van der Waals surface area contributed by atoms with E-state index in [0.717, 1.165) is 17.0 Å². The highest BCUT2D eigenvalue weighted by Gasteiger charge is 2.29. The van der Waals surface area contributed by atoms with Crippen LogP contribution in [0.4, 0.5) is 0 Å². The fourth-order valence-electron chi connectivity index (χ4n) is 1.91. The molecule has 1 rings (SSSR count). The van der Waals surface area contributed by atoms with Crippen molar-refractivity contribution in [2.45, 2.75) is 39.0 Å². The number of rotatable bonds is 2. The van der Waals surface area contributed by atoms with Crippen LogP contribution in [0.5, 0.6) is 0 Å². The van der Waals surface area contributed by atoms with Crippen LogP contribution in [0.2, 0.25) is 5.02 Å². The summed E-state index contributed by atoms with van der Waals surface area (Å²) in [5, 5.41) is 0.744. The van der Waals surface area contributed by atoms with Gasteiger partial charge in [-0.3, -0.25) is 0 Å². The van der Waals surface area contributed by atoms with Gasteiger partial charge in [-0.1, -0.05) is 44.5 Å². The summed E-state index contributed by atoms with van der Waals surface area (Å²) < 4.78 is 0. The average Bonchev–Trinajstić information content (AvgIpc) is 1.99. The van der Waals surface area contributed by atoms with E-state index in [-0.39, 0.29) is 10.3 Å². The lowest BCUT2D eigenvalue weighted by atomic mass is 9.82. The van der Waals surface area contributed by atoms with Gasteiger partial charge in [-0.25, -0.2) is 0 Å². The zero-order valence-corrected chi connectivity index (χ0v) is 11.3. The molecule has 0 aromatic heterocycles. The lowest BCUT2D eigenvalue weighted by molar-refractivity contribution is 0.327. The van der Waals surface area contributed by atoms with E-state index in [2.05, 4.69) is 20.8 Å². The lowest BCUT2D eigenvalue weighted by Gasteiger charge is -2.30. The summed E-state index contributed by atoms with van der Waals surface area (Å²) in [5.41, 5.74) is 1.30. The second kappa shape index (κ2) is 4.35. The normalized spacial score (nSPS) is 16.1. The van der Waals surface area contributed by atoms with Gasteiger partial charge in [-0.05, 0) is 36.5 Å². The fourth-order valence-corrected chi connectivity index (χ4v) is 2.62. The molecule has 0 N–H and O–H groups in total. The van der Waals surface area contributed by atoms with E-state index in [1.807, 2.05) is 31.2 Å². The van der Waals surface area contributed by atoms with E-state index in [4.69, 9.17) is 23.2 Å². The second-order valence-electron chi connectivity index (χ2n) is 5.45. The minimum Gasteiger partial charge on any atom is -0.114 e. The molecule has 0 amide bonds. The Morgan fingerprint density at radius 3 is 2.20 bits per heavy atom. The smallest absolute Gasteiger partial charge is 0.0672 e. The Bertz CT molecular complexity index is 335. The van der Waals surface area contributed by atoms with Gasteiger partial charge in [0.25, 0.3) is 0 Å². The first kappa shape index (κ1) is 12.9.